The SMILES string of the molecule is C=CCn1c(SCC(=O)Nc2ccc(C(C)=O)cc2)nnc1-c1cccc(C)c1. The molecule has 0 aliphatic heterocycles. The van der Waals surface area contributed by atoms with Crippen LogP contribution in [-0.2, 0) is 11.3 Å². The Morgan fingerprint density at radius 2 is 1.93 bits per heavy atom. The molecule has 0 saturated carbocycles. The third-order valence-corrected chi connectivity index (χ3v) is 5.18. The van der Waals surface area contributed by atoms with Gasteiger partial charge in [-0.2, -0.15) is 0 Å². The van der Waals surface area contributed by atoms with Crippen LogP contribution < -0.4 is 5.32 Å². The number of Topliss-reactive ketones (excluding diaryl/α,β-unsaturated/α-hetero) is 1. The minimum absolute atomic E-state index is 0.00981. The molecular formula is C22H22N4O2S. The zero-order valence-corrected chi connectivity index (χ0v) is 17.2. The van der Waals surface area contributed by atoms with E-state index in [1.54, 1.807) is 30.3 Å². The highest BCUT2D eigenvalue weighted by Gasteiger charge is 2.15. The number of aryl methyl sites for hydroxylation is 1. The van der Waals surface area contributed by atoms with Crippen LogP contribution in [0.2, 0.25) is 0 Å². The van der Waals surface area contributed by atoms with Gasteiger partial charge >= 0.3 is 0 Å². The fourth-order valence-corrected chi connectivity index (χ4v) is 3.55. The van der Waals surface area contributed by atoms with Crippen LogP contribution in [0.3, 0.4) is 0 Å². The van der Waals surface area contributed by atoms with Crippen molar-refractivity contribution in [2.45, 2.75) is 25.5 Å². The molecule has 0 fully saturated rings. The number of hydrogen-bond donors (Lipinski definition) is 1. The van der Waals surface area contributed by atoms with Gasteiger partial charge in [0.1, 0.15) is 0 Å². The van der Waals surface area contributed by atoms with Crippen LogP contribution in [0.1, 0.15) is 22.8 Å². The Hall–Kier alpha value is -3.19. The number of rotatable bonds is 8. The summed E-state index contributed by atoms with van der Waals surface area (Å²) in [6.45, 7) is 7.90. The molecule has 1 N–H and O–H groups in total. The number of allylic oxidation sites excluding steroid dienone is 1. The van der Waals surface area contributed by atoms with Gasteiger partial charge in [0.25, 0.3) is 0 Å². The monoisotopic (exact) mass is 406 g/mol. The third kappa shape index (κ3) is 5.20. The first-order chi connectivity index (χ1) is 14.0. The van der Waals surface area contributed by atoms with Gasteiger partial charge in [0, 0.05) is 23.4 Å². The molecule has 0 saturated heterocycles. The molecular weight excluding hydrogens is 384 g/mol. The van der Waals surface area contributed by atoms with Gasteiger partial charge in [-0.15, -0.1) is 16.8 Å². The first kappa shape index (κ1) is 20.5. The van der Waals surface area contributed by atoms with Gasteiger partial charge in [-0.1, -0.05) is 41.6 Å². The van der Waals surface area contributed by atoms with E-state index in [-0.39, 0.29) is 17.4 Å². The lowest BCUT2D eigenvalue weighted by molar-refractivity contribution is -0.113. The standard InChI is InChI=1S/C22H22N4O2S/c1-4-12-26-21(18-7-5-6-15(2)13-18)24-25-22(26)29-14-20(28)23-19-10-8-17(9-11-19)16(3)27/h4-11,13H,1,12,14H2,2-3H3,(H,23,28). The third-order valence-electron chi connectivity index (χ3n) is 4.21. The van der Waals surface area contributed by atoms with Crippen LogP contribution in [0, 0.1) is 6.92 Å². The van der Waals surface area contributed by atoms with Crippen molar-refractivity contribution in [2.75, 3.05) is 11.1 Å². The Balaban J connectivity index is 1.69. The highest BCUT2D eigenvalue weighted by Crippen LogP contribution is 2.25. The molecule has 1 amide bonds. The average Bonchev–Trinajstić information content (AvgIpc) is 3.10. The van der Waals surface area contributed by atoms with Crippen molar-refractivity contribution in [3.63, 3.8) is 0 Å². The fraction of sp³-hybridized carbons (Fsp3) is 0.182. The number of carbonyl (C=O) groups is 2. The predicted molar refractivity (Wildman–Crippen MR) is 116 cm³/mol. The van der Waals surface area contributed by atoms with E-state index in [9.17, 15) is 9.59 Å². The maximum absolute atomic E-state index is 12.3. The largest absolute Gasteiger partial charge is 0.325 e. The summed E-state index contributed by atoms with van der Waals surface area (Å²) in [5.74, 6) is 0.772. The van der Waals surface area contributed by atoms with Crippen LogP contribution in [0.5, 0.6) is 0 Å². The van der Waals surface area contributed by atoms with Crippen molar-refractivity contribution in [2.24, 2.45) is 0 Å². The van der Waals surface area contributed by atoms with Gasteiger partial charge in [-0.05, 0) is 44.2 Å². The van der Waals surface area contributed by atoms with Crippen molar-refractivity contribution in [3.05, 3.63) is 72.3 Å². The van der Waals surface area contributed by atoms with Gasteiger partial charge < -0.3 is 5.32 Å². The normalized spacial score (nSPS) is 10.6. The number of carbonyl (C=O) groups excluding carboxylic acids is 2. The summed E-state index contributed by atoms with van der Waals surface area (Å²) < 4.78 is 1.95. The minimum Gasteiger partial charge on any atom is -0.325 e. The smallest absolute Gasteiger partial charge is 0.234 e. The second-order valence-electron chi connectivity index (χ2n) is 6.55. The first-order valence-electron chi connectivity index (χ1n) is 9.12. The van der Waals surface area contributed by atoms with Crippen molar-refractivity contribution < 1.29 is 9.59 Å². The summed E-state index contributed by atoms with van der Waals surface area (Å²) in [7, 11) is 0. The minimum atomic E-state index is -0.157. The van der Waals surface area contributed by atoms with Gasteiger partial charge in [0.15, 0.2) is 16.8 Å². The Bertz CT molecular complexity index is 1040. The van der Waals surface area contributed by atoms with Gasteiger partial charge in [-0.25, -0.2) is 0 Å². The van der Waals surface area contributed by atoms with Crippen LogP contribution >= 0.6 is 11.8 Å². The van der Waals surface area contributed by atoms with Crippen molar-refractivity contribution in [1.82, 2.24) is 14.8 Å². The van der Waals surface area contributed by atoms with Crippen molar-refractivity contribution in [1.29, 1.82) is 0 Å². The summed E-state index contributed by atoms with van der Waals surface area (Å²) in [6.07, 6.45) is 1.78. The molecule has 7 heteroatoms. The number of ketones is 1. The molecule has 6 nitrogen and oxygen atoms in total. The maximum Gasteiger partial charge on any atom is 0.234 e. The number of amides is 1. The van der Waals surface area contributed by atoms with E-state index >= 15 is 0 Å². The molecule has 0 aliphatic carbocycles. The molecule has 0 bridgehead atoms. The lowest BCUT2D eigenvalue weighted by Gasteiger charge is -2.09. The molecule has 3 rings (SSSR count). The predicted octanol–water partition coefficient (Wildman–Crippen LogP) is 4.37. The highest BCUT2D eigenvalue weighted by atomic mass is 32.2. The summed E-state index contributed by atoms with van der Waals surface area (Å²) in [4.78, 5) is 23.7. The number of nitrogens with zero attached hydrogens (tertiary/aromatic N) is 3. The second-order valence-corrected chi connectivity index (χ2v) is 7.49. The Morgan fingerprint density at radius 1 is 1.17 bits per heavy atom. The molecule has 3 aromatic rings. The van der Waals surface area contributed by atoms with Crippen LogP contribution in [0.15, 0.2) is 66.3 Å². The van der Waals surface area contributed by atoms with E-state index in [2.05, 4.69) is 28.2 Å². The molecule has 1 heterocycles. The molecule has 29 heavy (non-hydrogen) atoms. The van der Waals surface area contributed by atoms with Crippen molar-refractivity contribution in [3.8, 4) is 11.4 Å². The number of nitrogens with one attached hydrogen (secondary N) is 1. The van der Waals surface area contributed by atoms with E-state index in [0.717, 1.165) is 17.0 Å². The van der Waals surface area contributed by atoms with E-state index in [4.69, 9.17) is 0 Å². The lowest BCUT2D eigenvalue weighted by Crippen LogP contribution is -2.14. The van der Waals surface area contributed by atoms with Crippen LogP contribution in [0.4, 0.5) is 5.69 Å². The average molecular weight is 407 g/mol. The zero-order valence-electron chi connectivity index (χ0n) is 16.4. The number of hydrogen-bond acceptors (Lipinski definition) is 5. The second kappa shape index (κ2) is 9.34. The van der Waals surface area contributed by atoms with Gasteiger partial charge in [0.2, 0.25) is 5.91 Å². The molecule has 2 aromatic carbocycles. The van der Waals surface area contributed by atoms with E-state index in [1.165, 1.54) is 18.7 Å². The highest BCUT2D eigenvalue weighted by molar-refractivity contribution is 7.99. The quantitative estimate of drug-likeness (QED) is 0.341. The molecule has 1 aromatic heterocycles. The summed E-state index contributed by atoms with van der Waals surface area (Å²) in [6, 6.07) is 14.9. The Morgan fingerprint density at radius 3 is 2.59 bits per heavy atom. The Kier molecular flexibility index (Phi) is 6.61. The number of anilines is 1. The van der Waals surface area contributed by atoms with Crippen molar-refractivity contribution >= 4 is 29.1 Å². The van der Waals surface area contributed by atoms with E-state index < -0.39 is 0 Å². The molecule has 0 atom stereocenters. The number of benzene rings is 2. The van der Waals surface area contributed by atoms with Crippen LogP contribution in [0.25, 0.3) is 11.4 Å². The van der Waals surface area contributed by atoms with E-state index in [1.807, 2.05) is 29.7 Å². The molecule has 0 spiro atoms. The van der Waals surface area contributed by atoms with E-state index in [0.29, 0.717) is 23.0 Å². The topological polar surface area (TPSA) is 76.9 Å². The molecule has 148 valence electrons. The van der Waals surface area contributed by atoms with Crippen LogP contribution in [-0.4, -0.2) is 32.2 Å². The summed E-state index contributed by atoms with van der Waals surface area (Å²) >= 11 is 1.32. The summed E-state index contributed by atoms with van der Waals surface area (Å²) in [5.41, 5.74) is 3.37. The Labute approximate surface area is 174 Å². The lowest BCUT2D eigenvalue weighted by atomic mass is 10.1. The first-order valence-corrected chi connectivity index (χ1v) is 10.1. The number of aromatic nitrogens is 3. The molecule has 0 unspecified atom stereocenters. The van der Waals surface area contributed by atoms with Gasteiger partial charge in [-0.3, -0.25) is 14.2 Å². The van der Waals surface area contributed by atoms with Gasteiger partial charge in [0.05, 0.1) is 5.75 Å². The summed E-state index contributed by atoms with van der Waals surface area (Å²) in [5, 5.41) is 12.1. The molecule has 0 radical (unpaired) electrons. The maximum atomic E-state index is 12.3. The zero-order chi connectivity index (χ0) is 20.8. The number of thioether (sulfide) groups is 1. The fourth-order valence-electron chi connectivity index (χ4n) is 2.80. The molecule has 0 aliphatic rings.